The second-order valence-corrected chi connectivity index (χ2v) is 12.9. The van der Waals surface area contributed by atoms with Crippen molar-refractivity contribution in [3.8, 4) is 33.8 Å². The van der Waals surface area contributed by atoms with E-state index in [4.69, 9.17) is 9.97 Å². The van der Waals surface area contributed by atoms with Crippen LogP contribution in [0.5, 0.6) is 0 Å². The third kappa shape index (κ3) is 5.21. The highest BCUT2D eigenvalue weighted by molar-refractivity contribution is 5.96. The fourth-order valence-electron chi connectivity index (χ4n) is 5.60. The predicted octanol–water partition coefficient (Wildman–Crippen LogP) is 10.2. The molecule has 2 heterocycles. The molecule has 4 heteroatoms. The number of anilines is 2. The van der Waals surface area contributed by atoms with Gasteiger partial charge in [-0.05, 0) is 79.8 Å². The molecule has 210 valence electrons. The Bertz CT molecular complexity index is 1850. The van der Waals surface area contributed by atoms with E-state index in [1.165, 1.54) is 11.1 Å². The zero-order chi connectivity index (χ0) is 29.5. The zero-order valence-electron chi connectivity index (χ0n) is 25.3. The molecule has 0 spiro atoms. The molecular formula is C38H38N4. The number of nitrogens with one attached hydrogen (secondary N) is 1. The van der Waals surface area contributed by atoms with Crippen LogP contribution in [-0.4, -0.2) is 14.5 Å². The summed E-state index contributed by atoms with van der Waals surface area (Å²) in [5.74, 6) is 0.940. The first-order valence-corrected chi connectivity index (χ1v) is 14.6. The molecule has 0 saturated heterocycles. The number of para-hydroxylation sites is 2. The molecule has 0 saturated carbocycles. The van der Waals surface area contributed by atoms with Crippen LogP contribution in [0.4, 0.5) is 11.4 Å². The van der Waals surface area contributed by atoms with Gasteiger partial charge in [-0.15, -0.1) is 0 Å². The standard InChI is InChI=1S/C38H38N4/c1-37(2,3)27-22-23-33(30(25-27)31-19-12-13-24-39-31)40-32-20-11-10-17-29(32)36-41-35-28(26-15-8-7-9-16-26)18-14-21-34(35)42(36)38(4,5)6/h7-25,40H,1-6H3. The van der Waals surface area contributed by atoms with E-state index in [1.807, 2.05) is 18.3 Å². The van der Waals surface area contributed by atoms with Crippen molar-refractivity contribution in [3.05, 3.63) is 121 Å². The van der Waals surface area contributed by atoms with Gasteiger partial charge in [0.15, 0.2) is 0 Å². The van der Waals surface area contributed by atoms with E-state index in [2.05, 4.69) is 148 Å². The topological polar surface area (TPSA) is 42.7 Å². The van der Waals surface area contributed by atoms with Crippen LogP contribution < -0.4 is 5.32 Å². The fourth-order valence-corrected chi connectivity index (χ4v) is 5.60. The molecule has 0 fully saturated rings. The molecule has 4 aromatic carbocycles. The lowest BCUT2D eigenvalue weighted by molar-refractivity contribution is 0.413. The Labute approximate surface area is 249 Å². The van der Waals surface area contributed by atoms with Crippen LogP contribution in [0.25, 0.3) is 44.8 Å². The van der Waals surface area contributed by atoms with E-state index in [1.54, 1.807) is 0 Å². The van der Waals surface area contributed by atoms with Gasteiger partial charge in [0.2, 0.25) is 0 Å². The minimum atomic E-state index is -0.194. The van der Waals surface area contributed by atoms with Crippen molar-refractivity contribution < 1.29 is 0 Å². The van der Waals surface area contributed by atoms with E-state index >= 15 is 0 Å². The minimum Gasteiger partial charge on any atom is -0.354 e. The van der Waals surface area contributed by atoms with Crippen LogP contribution in [0.2, 0.25) is 0 Å². The second-order valence-electron chi connectivity index (χ2n) is 12.9. The van der Waals surface area contributed by atoms with Gasteiger partial charge >= 0.3 is 0 Å². The molecule has 2 aromatic heterocycles. The molecule has 6 aromatic rings. The summed E-state index contributed by atoms with van der Waals surface area (Å²) in [4.78, 5) is 10.1. The van der Waals surface area contributed by atoms with Crippen LogP contribution in [0.15, 0.2) is 115 Å². The molecule has 0 unspecified atom stereocenters. The summed E-state index contributed by atoms with van der Waals surface area (Å²) in [5, 5.41) is 3.79. The average molecular weight is 551 g/mol. The number of fused-ring (bicyclic) bond motifs is 1. The molecule has 6 rings (SSSR count). The molecule has 1 N–H and O–H groups in total. The van der Waals surface area contributed by atoms with Gasteiger partial charge in [-0.1, -0.05) is 87.5 Å². The van der Waals surface area contributed by atoms with Crippen molar-refractivity contribution in [2.24, 2.45) is 0 Å². The Kier molecular flexibility index (Phi) is 6.94. The maximum absolute atomic E-state index is 5.37. The molecule has 4 nitrogen and oxygen atoms in total. The highest BCUT2D eigenvalue weighted by atomic mass is 15.1. The first kappa shape index (κ1) is 27.5. The van der Waals surface area contributed by atoms with Crippen molar-refractivity contribution in [1.82, 2.24) is 14.5 Å². The largest absolute Gasteiger partial charge is 0.354 e. The Balaban J connectivity index is 1.54. The molecule has 42 heavy (non-hydrogen) atoms. The van der Waals surface area contributed by atoms with Crippen molar-refractivity contribution in [2.45, 2.75) is 52.5 Å². The predicted molar refractivity (Wildman–Crippen MR) is 177 cm³/mol. The highest BCUT2D eigenvalue weighted by Gasteiger charge is 2.26. The Hall–Kier alpha value is -4.70. The molecular weight excluding hydrogens is 512 g/mol. The fraction of sp³-hybridized carbons (Fsp3) is 0.211. The number of pyridine rings is 1. The Morgan fingerprint density at radius 3 is 2.02 bits per heavy atom. The van der Waals surface area contributed by atoms with E-state index in [0.29, 0.717) is 0 Å². The maximum atomic E-state index is 5.37. The zero-order valence-corrected chi connectivity index (χ0v) is 25.3. The summed E-state index contributed by atoms with van der Waals surface area (Å²) >= 11 is 0. The third-order valence-electron chi connectivity index (χ3n) is 7.70. The van der Waals surface area contributed by atoms with Crippen LogP contribution in [-0.2, 0) is 11.0 Å². The van der Waals surface area contributed by atoms with Crippen molar-refractivity contribution in [2.75, 3.05) is 5.32 Å². The summed E-state index contributed by atoms with van der Waals surface area (Å²) in [6.45, 7) is 13.5. The van der Waals surface area contributed by atoms with Gasteiger partial charge in [-0.25, -0.2) is 4.98 Å². The average Bonchev–Trinajstić information content (AvgIpc) is 3.38. The molecule has 0 aliphatic heterocycles. The highest BCUT2D eigenvalue weighted by Crippen LogP contribution is 2.40. The number of hydrogen-bond acceptors (Lipinski definition) is 3. The van der Waals surface area contributed by atoms with Crippen molar-refractivity contribution in [3.63, 3.8) is 0 Å². The normalized spacial score (nSPS) is 12.0. The number of rotatable bonds is 5. The van der Waals surface area contributed by atoms with Crippen LogP contribution >= 0.6 is 0 Å². The first-order chi connectivity index (χ1) is 20.1. The Morgan fingerprint density at radius 1 is 0.619 bits per heavy atom. The molecule has 0 aliphatic carbocycles. The van der Waals surface area contributed by atoms with Crippen LogP contribution in [0, 0.1) is 0 Å². The molecule has 0 aliphatic rings. The van der Waals surface area contributed by atoms with Crippen molar-refractivity contribution in [1.29, 1.82) is 0 Å². The number of nitrogens with zero attached hydrogens (tertiary/aromatic N) is 3. The van der Waals surface area contributed by atoms with Crippen LogP contribution in [0.1, 0.15) is 47.1 Å². The monoisotopic (exact) mass is 550 g/mol. The summed E-state index contributed by atoms with van der Waals surface area (Å²) in [6.07, 6.45) is 1.85. The maximum Gasteiger partial charge on any atom is 0.143 e. The van der Waals surface area contributed by atoms with Gasteiger partial charge < -0.3 is 9.88 Å². The summed E-state index contributed by atoms with van der Waals surface area (Å²) in [7, 11) is 0. The van der Waals surface area contributed by atoms with Gasteiger partial charge in [0.05, 0.1) is 16.7 Å². The van der Waals surface area contributed by atoms with Gasteiger partial charge in [0, 0.05) is 39.8 Å². The van der Waals surface area contributed by atoms with Crippen LogP contribution in [0.3, 0.4) is 0 Å². The van der Waals surface area contributed by atoms with E-state index in [-0.39, 0.29) is 11.0 Å². The minimum absolute atomic E-state index is 0.0218. The SMILES string of the molecule is CC(C)(C)c1ccc(Nc2ccccc2-c2nc3c(-c4ccccc4)cccc3n2C(C)(C)C)c(-c2ccccn2)c1. The number of hydrogen-bond donors (Lipinski definition) is 1. The quantitative estimate of drug-likeness (QED) is 0.232. The van der Waals surface area contributed by atoms with E-state index in [9.17, 15) is 0 Å². The number of imidazole rings is 1. The molecule has 0 atom stereocenters. The summed E-state index contributed by atoms with van der Waals surface area (Å²) in [5.41, 5.74) is 10.6. The summed E-state index contributed by atoms with van der Waals surface area (Å²) in [6, 6.07) is 38.2. The summed E-state index contributed by atoms with van der Waals surface area (Å²) < 4.78 is 2.37. The first-order valence-electron chi connectivity index (χ1n) is 14.6. The van der Waals surface area contributed by atoms with Crippen molar-refractivity contribution >= 4 is 22.4 Å². The van der Waals surface area contributed by atoms with Gasteiger partial charge in [0.25, 0.3) is 0 Å². The molecule has 0 bridgehead atoms. The lowest BCUT2D eigenvalue weighted by atomic mass is 9.85. The number of benzene rings is 4. The molecule has 0 radical (unpaired) electrons. The Morgan fingerprint density at radius 2 is 1.31 bits per heavy atom. The van der Waals surface area contributed by atoms with E-state index < -0.39 is 0 Å². The second kappa shape index (κ2) is 10.6. The lowest BCUT2D eigenvalue weighted by Gasteiger charge is -2.26. The van der Waals surface area contributed by atoms with Gasteiger partial charge in [-0.2, -0.15) is 0 Å². The smallest absolute Gasteiger partial charge is 0.143 e. The third-order valence-corrected chi connectivity index (χ3v) is 7.70. The lowest BCUT2D eigenvalue weighted by Crippen LogP contribution is -2.22. The van der Waals surface area contributed by atoms with Gasteiger partial charge in [-0.3, -0.25) is 4.98 Å². The molecule has 0 amide bonds. The van der Waals surface area contributed by atoms with E-state index in [0.717, 1.165) is 50.6 Å². The number of aromatic nitrogens is 3. The van der Waals surface area contributed by atoms with Gasteiger partial charge in [0.1, 0.15) is 5.82 Å².